The van der Waals surface area contributed by atoms with Gasteiger partial charge in [0, 0.05) is 17.2 Å². The van der Waals surface area contributed by atoms with Gasteiger partial charge in [-0.15, -0.1) is 22.9 Å². The maximum absolute atomic E-state index is 11.4. The number of carbonyl (C=O) groups excluding carboxylic acids is 2. The summed E-state index contributed by atoms with van der Waals surface area (Å²) in [4.78, 5) is 37.6. The number of aliphatic carboxylic acids is 1. The average Bonchev–Trinajstić information content (AvgIpc) is 2.84. The number of rotatable bonds is 5. The zero-order chi connectivity index (χ0) is 14.8. The van der Waals surface area contributed by atoms with Crippen LogP contribution in [0.2, 0.25) is 0 Å². The second-order valence-corrected chi connectivity index (χ2v) is 4.93. The number of alkyl halides is 1. The molecule has 1 amide bonds. The molecule has 0 fully saturated rings. The van der Waals surface area contributed by atoms with Crippen LogP contribution in [0.4, 0.5) is 5.13 Å². The van der Waals surface area contributed by atoms with Crippen LogP contribution in [0.1, 0.15) is 12.6 Å². The highest BCUT2D eigenvalue weighted by molar-refractivity contribution is 7.14. The number of nitrogens with zero attached hydrogens (tertiary/aromatic N) is 2. The summed E-state index contributed by atoms with van der Waals surface area (Å²) in [5, 5.41) is 10.3. The highest BCUT2D eigenvalue weighted by atomic mass is 35.5. The van der Waals surface area contributed by atoms with Gasteiger partial charge in [0.25, 0.3) is 5.91 Å². The number of thiazole rings is 1. The third-order valence-corrected chi connectivity index (χ3v) is 3.79. The van der Waals surface area contributed by atoms with Gasteiger partial charge in [-0.25, -0.2) is 9.78 Å². The van der Waals surface area contributed by atoms with Crippen LogP contribution in [-0.2, 0) is 19.9 Å². The molecule has 0 aliphatic heterocycles. The molecule has 19 heavy (non-hydrogen) atoms. The number of amides is 1. The maximum atomic E-state index is 11.4. The van der Waals surface area contributed by atoms with Crippen molar-refractivity contribution in [3.63, 3.8) is 0 Å². The Morgan fingerprint density at radius 3 is 2.58 bits per heavy atom. The molecule has 1 unspecified atom stereocenters. The third kappa shape index (κ3) is 2.86. The van der Waals surface area contributed by atoms with Crippen molar-refractivity contribution in [2.24, 2.45) is 5.73 Å². The van der Waals surface area contributed by atoms with E-state index in [-0.39, 0.29) is 16.7 Å². The predicted molar refractivity (Wildman–Crippen MR) is 70.4 cm³/mol. The van der Waals surface area contributed by atoms with E-state index in [1.54, 1.807) is 0 Å². The Hall–Kier alpha value is -1.22. The smallest absolute Gasteiger partial charge is 0.337 e. The molecule has 0 aliphatic carbocycles. The SMILES string of the molecule is CC(=O)C(N)(C(=O)O)c1csc(N(Cl)C(=O)CCl)n1. The second kappa shape index (κ2) is 5.83. The number of carboxylic acid groups (broad SMARTS) is 1. The van der Waals surface area contributed by atoms with Crippen LogP contribution < -0.4 is 10.2 Å². The van der Waals surface area contributed by atoms with Crippen LogP contribution in [0.3, 0.4) is 0 Å². The summed E-state index contributed by atoms with van der Waals surface area (Å²) in [5.41, 5.74) is 3.09. The van der Waals surface area contributed by atoms with E-state index in [0.717, 1.165) is 18.3 Å². The Labute approximate surface area is 122 Å². The van der Waals surface area contributed by atoms with Gasteiger partial charge in [0.2, 0.25) is 10.7 Å². The molecular formula is C9H9Cl2N3O4S. The van der Waals surface area contributed by atoms with Gasteiger partial charge in [-0.1, -0.05) is 0 Å². The minimum atomic E-state index is -2.27. The van der Waals surface area contributed by atoms with Gasteiger partial charge < -0.3 is 10.8 Å². The number of carbonyl (C=O) groups is 3. The molecular weight excluding hydrogens is 317 g/mol. The van der Waals surface area contributed by atoms with E-state index in [0.29, 0.717) is 4.42 Å². The van der Waals surface area contributed by atoms with Gasteiger partial charge in [0.1, 0.15) is 5.88 Å². The minimum absolute atomic E-state index is 0.0142. The van der Waals surface area contributed by atoms with E-state index < -0.39 is 23.2 Å². The number of halogens is 2. The van der Waals surface area contributed by atoms with Crippen LogP contribution in [0, 0.1) is 0 Å². The number of ketones is 1. The van der Waals surface area contributed by atoms with Crippen molar-refractivity contribution in [3.05, 3.63) is 11.1 Å². The van der Waals surface area contributed by atoms with Crippen LogP contribution in [-0.4, -0.2) is 33.6 Å². The monoisotopic (exact) mass is 325 g/mol. The number of hydrogen-bond acceptors (Lipinski definition) is 6. The topological polar surface area (TPSA) is 114 Å². The predicted octanol–water partition coefficient (Wildman–Crippen LogP) is 0.696. The summed E-state index contributed by atoms with van der Waals surface area (Å²) in [6.07, 6.45) is 0. The summed E-state index contributed by atoms with van der Waals surface area (Å²) in [6, 6.07) is 0. The van der Waals surface area contributed by atoms with Gasteiger partial charge >= 0.3 is 5.97 Å². The Balaban J connectivity index is 3.18. The summed E-state index contributed by atoms with van der Waals surface area (Å²) in [6.45, 7) is 1.04. The van der Waals surface area contributed by atoms with Crippen LogP contribution in [0.15, 0.2) is 5.38 Å². The van der Waals surface area contributed by atoms with Crippen molar-refractivity contribution >= 4 is 57.5 Å². The first-order valence-corrected chi connectivity index (χ1v) is 6.54. The van der Waals surface area contributed by atoms with Crippen molar-refractivity contribution in [2.45, 2.75) is 12.5 Å². The second-order valence-electron chi connectivity index (χ2n) is 3.49. The fraction of sp³-hybridized carbons (Fsp3) is 0.333. The van der Waals surface area contributed by atoms with E-state index >= 15 is 0 Å². The number of carboxylic acids is 1. The van der Waals surface area contributed by atoms with Gasteiger partial charge in [-0.05, 0) is 6.92 Å². The van der Waals surface area contributed by atoms with Crippen molar-refractivity contribution in [1.82, 2.24) is 4.98 Å². The molecule has 1 heterocycles. The molecule has 104 valence electrons. The molecule has 0 aromatic carbocycles. The lowest BCUT2D eigenvalue weighted by atomic mass is 9.93. The molecule has 0 saturated heterocycles. The fourth-order valence-electron chi connectivity index (χ4n) is 1.14. The molecule has 1 aromatic rings. The van der Waals surface area contributed by atoms with Crippen LogP contribution >= 0.6 is 34.7 Å². The molecule has 0 radical (unpaired) electrons. The molecule has 0 saturated carbocycles. The first-order valence-electron chi connectivity index (χ1n) is 4.79. The number of hydrogen-bond donors (Lipinski definition) is 2. The van der Waals surface area contributed by atoms with Crippen LogP contribution in [0.5, 0.6) is 0 Å². The highest BCUT2D eigenvalue weighted by Gasteiger charge is 2.44. The number of nitrogens with two attached hydrogens (primary N) is 1. The lowest BCUT2D eigenvalue weighted by Gasteiger charge is -2.18. The van der Waals surface area contributed by atoms with Crippen molar-refractivity contribution < 1.29 is 19.5 Å². The number of Topliss-reactive ketones (excluding diaryl/α,β-unsaturated/α-hetero) is 1. The van der Waals surface area contributed by atoms with E-state index in [1.807, 2.05) is 0 Å². The maximum Gasteiger partial charge on any atom is 0.337 e. The molecule has 0 aliphatic rings. The van der Waals surface area contributed by atoms with Crippen molar-refractivity contribution in [3.8, 4) is 0 Å². The van der Waals surface area contributed by atoms with Gasteiger partial charge in [-0.3, -0.25) is 9.59 Å². The van der Waals surface area contributed by atoms with Gasteiger partial charge in [-0.2, -0.15) is 4.42 Å². The van der Waals surface area contributed by atoms with E-state index in [1.165, 1.54) is 5.38 Å². The Morgan fingerprint density at radius 2 is 2.16 bits per heavy atom. The largest absolute Gasteiger partial charge is 0.479 e. The molecule has 1 rings (SSSR count). The zero-order valence-electron chi connectivity index (χ0n) is 9.59. The first-order chi connectivity index (χ1) is 8.75. The Bertz CT molecular complexity index is 519. The molecule has 3 N–H and O–H groups in total. The number of aromatic nitrogens is 1. The third-order valence-electron chi connectivity index (χ3n) is 2.29. The summed E-state index contributed by atoms with van der Waals surface area (Å²) in [5.74, 6) is -3.33. The van der Waals surface area contributed by atoms with Gasteiger partial charge in [0.15, 0.2) is 5.78 Å². The summed E-state index contributed by atoms with van der Waals surface area (Å²) >= 11 is 11.8. The summed E-state index contributed by atoms with van der Waals surface area (Å²) in [7, 11) is 0. The first kappa shape index (κ1) is 15.8. The van der Waals surface area contributed by atoms with E-state index in [2.05, 4.69) is 4.98 Å². The fourth-order valence-corrected chi connectivity index (χ4v) is 2.33. The Kier molecular flexibility index (Phi) is 4.86. The van der Waals surface area contributed by atoms with Gasteiger partial charge in [0.05, 0.1) is 5.69 Å². The number of anilines is 1. The molecule has 7 nitrogen and oxygen atoms in total. The Morgan fingerprint density at radius 1 is 1.58 bits per heavy atom. The summed E-state index contributed by atoms with van der Waals surface area (Å²) < 4.78 is 0.642. The highest BCUT2D eigenvalue weighted by Crippen LogP contribution is 2.28. The lowest BCUT2D eigenvalue weighted by molar-refractivity contribution is -0.148. The molecule has 1 atom stereocenters. The van der Waals surface area contributed by atoms with Crippen LogP contribution in [0.25, 0.3) is 0 Å². The molecule has 0 bridgehead atoms. The zero-order valence-corrected chi connectivity index (χ0v) is 11.9. The molecule has 1 aromatic heterocycles. The molecule has 10 heteroatoms. The molecule has 0 spiro atoms. The quantitative estimate of drug-likeness (QED) is 0.468. The lowest BCUT2D eigenvalue weighted by Crippen LogP contribution is -2.51. The normalized spacial score (nSPS) is 13.7. The van der Waals surface area contributed by atoms with Crippen molar-refractivity contribution in [1.29, 1.82) is 0 Å². The van der Waals surface area contributed by atoms with E-state index in [4.69, 9.17) is 34.2 Å². The standard InChI is InChI=1S/C9H9Cl2N3O4S/c1-4(15)9(12,7(17)18)5-3-19-8(13-5)14(11)6(16)2-10/h3H,2,12H2,1H3,(H,17,18). The van der Waals surface area contributed by atoms with Crippen molar-refractivity contribution in [2.75, 3.05) is 10.3 Å². The van der Waals surface area contributed by atoms with E-state index in [9.17, 15) is 14.4 Å². The minimum Gasteiger partial charge on any atom is -0.479 e. The average molecular weight is 326 g/mol.